The van der Waals surface area contributed by atoms with Gasteiger partial charge in [-0.15, -0.1) is 5.10 Å². The third kappa shape index (κ3) is 4.92. The molecule has 0 radical (unpaired) electrons. The molecule has 0 saturated carbocycles. The predicted molar refractivity (Wildman–Crippen MR) is 105 cm³/mol. The highest BCUT2D eigenvalue weighted by Crippen LogP contribution is 2.17. The molecule has 1 atom stereocenters. The first-order chi connectivity index (χ1) is 11.9. The molecule has 2 heterocycles. The van der Waals surface area contributed by atoms with Crippen molar-refractivity contribution in [2.24, 2.45) is 15.9 Å². The zero-order valence-electron chi connectivity index (χ0n) is 15.5. The maximum atomic E-state index is 7.54. The second-order valence-electron chi connectivity index (χ2n) is 6.57. The molecule has 1 aliphatic rings. The number of aromatic nitrogens is 2. The molecule has 1 aromatic rings. The van der Waals surface area contributed by atoms with E-state index in [1.54, 1.807) is 6.20 Å². The van der Waals surface area contributed by atoms with Gasteiger partial charge in [-0.2, -0.15) is 5.10 Å². The van der Waals surface area contributed by atoms with Crippen molar-refractivity contribution in [2.45, 2.75) is 46.6 Å². The van der Waals surface area contributed by atoms with Gasteiger partial charge in [-0.3, -0.25) is 4.99 Å². The molecular formula is C19H26N6. The Morgan fingerprint density at radius 3 is 2.56 bits per heavy atom. The lowest BCUT2D eigenvalue weighted by Gasteiger charge is -2.16. The number of amidine groups is 1. The second-order valence-corrected chi connectivity index (χ2v) is 6.57. The number of nitrogens with one attached hydrogen (secondary N) is 2. The molecule has 6 nitrogen and oxygen atoms in total. The molecule has 0 aliphatic carbocycles. The molecule has 1 aliphatic heterocycles. The van der Waals surface area contributed by atoms with Crippen LogP contribution in [0.25, 0.3) is 0 Å². The number of aliphatic imine (C=N–C) groups is 2. The minimum absolute atomic E-state index is 0.145. The fourth-order valence-electron chi connectivity index (χ4n) is 2.29. The predicted octanol–water partition coefficient (Wildman–Crippen LogP) is 4.00. The van der Waals surface area contributed by atoms with Crippen LogP contribution in [0.4, 0.5) is 5.82 Å². The van der Waals surface area contributed by atoms with E-state index < -0.39 is 0 Å². The Labute approximate surface area is 149 Å². The topological polar surface area (TPSA) is 86.4 Å². The summed E-state index contributed by atoms with van der Waals surface area (Å²) < 4.78 is 0. The molecule has 2 rings (SSSR count). The van der Waals surface area contributed by atoms with E-state index in [0.717, 1.165) is 17.0 Å². The van der Waals surface area contributed by atoms with E-state index in [-0.39, 0.29) is 12.0 Å². The van der Waals surface area contributed by atoms with Crippen LogP contribution in [0.15, 0.2) is 46.2 Å². The van der Waals surface area contributed by atoms with Gasteiger partial charge < -0.3 is 10.7 Å². The van der Waals surface area contributed by atoms with Crippen LogP contribution < -0.4 is 5.32 Å². The van der Waals surface area contributed by atoms with Gasteiger partial charge in [0.15, 0.2) is 5.82 Å². The quantitative estimate of drug-likeness (QED) is 0.796. The van der Waals surface area contributed by atoms with Crippen LogP contribution in [0.5, 0.6) is 0 Å². The summed E-state index contributed by atoms with van der Waals surface area (Å²) in [6.45, 7) is 10.3. The average molecular weight is 338 g/mol. The summed E-state index contributed by atoms with van der Waals surface area (Å²) in [6.07, 6.45) is 8.87. The summed E-state index contributed by atoms with van der Waals surface area (Å²) in [7, 11) is 0. The summed E-state index contributed by atoms with van der Waals surface area (Å²) >= 11 is 0. The lowest BCUT2D eigenvalue weighted by atomic mass is 10.1. The van der Waals surface area contributed by atoms with Crippen LogP contribution in [0.2, 0.25) is 0 Å². The SMILES string of the molecule is C/C=C1/N=C(Nc2cc(C(C)C)cnn2)C=CC1=NC(C=N)C(C)C. The number of dihydropyridines is 1. The van der Waals surface area contributed by atoms with Gasteiger partial charge >= 0.3 is 0 Å². The number of nitrogens with zero attached hydrogens (tertiary/aromatic N) is 4. The van der Waals surface area contributed by atoms with Crippen molar-refractivity contribution in [2.75, 3.05) is 5.32 Å². The molecule has 0 fully saturated rings. The summed E-state index contributed by atoms with van der Waals surface area (Å²) in [5.41, 5.74) is 2.69. The Morgan fingerprint density at radius 1 is 1.20 bits per heavy atom. The monoisotopic (exact) mass is 338 g/mol. The van der Waals surface area contributed by atoms with Gasteiger partial charge in [-0.05, 0) is 42.5 Å². The third-order valence-corrected chi connectivity index (χ3v) is 3.92. The first-order valence-electron chi connectivity index (χ1n) is 8.56. The molecule has 0 amide bonds. The zero-order valence-corrected chi connectivity index (χ0v) is 15.5. The van der Waals surface area contributed by atoms with Crippen molar-refractivity contribution < 1.29 is 0 Å². The summed E-state index contributed by atoms with van der Waals surface area (Å²) in [6, 6.07) is 1.84. The Balaban J connectivity index is 2.21. The first kappa shape index (κ1) is 18.7. The second kappa shape index (κ2) is 8.46. The minimum Gasteiger partial charge on any atom is -0.323 e. The largest absolute Gasteiger partial charge is 0.323 e. The molecule has 25 heavy (non-hydrogen) atoms. The minimum atomic E-state index is -0.145. The van der Waals surface area contributed by atoms with Gasteiger partial charge in [-0.1, -0.05) is 33.8 Å². The molecule has 0 saturated heterocycles. The summed E-state index contributed by atoms with van der Waals surface area (Å²) in [5.74, 6) is 2.02. The highest BCUT2D eigenvalue weighted by atomic mass is 15.2. The smallest absolute Gasteiger partial charge is 0.154 e. The van der Waals surface area contributed by atoms with Crippen LogP contribution >= 0.6 is 0 Å². The Kier molecular flexibility index (Phi) is 6.33. The molecule has 1 unspecified atom stereocenters. The fraction of sp³-hybridized carbons (Fsp3) is 0.421. The molecule has 132 valence electrons. The van der Waals surface area contributed by atoms with Crippen molar-refractivity contribution in [3.05, 3.63) is 41.8 Å². The maximum absolute atomic E-state index is 7.54. The highest BCUT2D eigenvalue weighted by Gasteiger charge is 2.15. The molecular weight excluding hydrogens is 312 g/mol. The lowest BCUT2D eigenvalue weighted by molar-refractivity contribution is 0.603. The Hall–Kier alpha value is -2.63. The van der Waals surface area contributed by atoms with Crippen LogP contribution in [0.3, 0.4) is 0 Å². The number of anilines is 1. The van der Waals surface area contributed by atoms with E-state index in [4.69, 9.17) is 5.41 Å². The Morgan fingerprint density at radius 2 is 1.96 bits per heavy atom. The number of allylic oxidation sites excluding steroid dienone is 2. The van der Waals surface area contributed by atoms with E-state index in [9.17, 15) is 0 Å². The van der Waals surface area contributed by atoms with Gasteiger partial charge in [-0.25, -0.2) is 4.99 Å². The van der Waals surface area contributed by atoms with E-state index >= 15 is 0 Å². The number of hydrogen-bond acceptors (Lipinski definition) is 6. The van der Waals surface area contributed by atoms with Gasteiger partial charge in [0.1, 0.15) is 5.84 Å². The molecule has 0 bridgehead atoms. The van der Waals surface area contributed by atoms with E-state index in [1.807, 2.05) is 31.2 Å². The van der Waals surface area contributed by atoms with E-state index in [1.165, 1.54) is 6.21 Å². The third-order valence-electron chi connectivity index (χ3n) is 3.92. The number of rotatable bonds is 5. The number of hydrogen-bond donors (Lipinski definition) is 2. The Bertz CT molecular complexity index is 740. The first-order valence-corrected chi connectivity index (χ1v) is 8.56. The summed E-state index contributed by atoms with van der Waals surface area (Å²) in [5, 5.41) is 18.9. The van der Waals surface area contributed by atoms with Crippen molar-refractivity contribution >= 4 is 23.6 Å². The van der Waals surface area contributed by atoms with Gasteiger partial charge in [0.25, 0.3) is 0 Å². The molecule has 2 N–H and O–H groups in total. The summed E-state index contributed by atoms with van der Waals surface area (Å²) in [4.78, 5) is 9.24. The zero-order chi connectivity index (χ0) is 18.4. The van der Waals surface area contributed by atoms with Gasteiger partial charge in [0, 0.05) is 6.21 Å². The van der Waals surface area contributed by atoms with Crippen molar-refractivity contribution in [1.82, 2.24) is 10.2 Å². The molecule has 6 heteroatoms. The standard InChI is InChI=1S/C19H26N6/c1-6-15-16(22-17(10-20)13(4)5)7-8-18(23-15)24-19-9-14(12(2)3)11-21-25-19/h6-13,17,20H,1-5H3,(H,23,24,25)/b15-6+,20-10?,22-16?. The molecule has 0 aromatic carbocycles. The maximum Gasteiger partial charge on any atom is 0.154 e. The van der Waals surface area contributed by atoms with E-state index in [0.29, 0.717) is 17.6 Å². The van der Waals surface area contributed by atoms with Crippen LogP contribution in [-0.4, -0.2) is 34.0 Å². The van der Waals surface area contributed by atoms with Crippen LogP contribution in [0.1, 0.15) is 46.1 Å². The van der Waals surface area contributed by atoms with Crippen LogP contribution in [-0.2, 0) is 0 Å². The van der Waals surface area contributed by atoms with Crippen LogP contribution in [0, 0.1) is 11.3 Å². The van der Waals surface area contributed by atoms with Crippen molar-refractivity contribution in [3.63, 3.8) is 0 Å². The average Bonchev–Trinajstić information content (AvgIpc) is 2.60. The normalized spacial score (nSPS) is 18.8. The fourth-order valence-corrected chi connectivity index (χ4v) is 2.29. The van der Waals surface area contributed by atoms with Gasteiger partial charge in [0.05, 0.1) is 23.6 Å². The van der Waals surface area contributed by atoms with Crippen molar-refractivity contribution in [1.29, 1.82) is 5.41 Å². The molecule has 1 aromatic heterocycles. The van der Waals surface area contributed by atoms with Crippen molar-refractivity contribution in [3.8, 4) is 0 Å². The highest BCUT2D eigenvalue weighted by molar-refractivity contribution is 6.19. The lowest BCUT2D eigenvalue weighted by Crippen LogP contribution is -2.20. The van der Waals surface area contributed by atoms with E-state index in [2.05, 4.69) is 53.2 Å². The molecule has 0 spiro atoms. The van der Waals surface area contributed by atoms with Gasteiger partial charge in [0.2, 0.25) is 0 Å².